The molecule has 2 aromatic carbocycles. The Labute approximate surface area is 137 Å². The van der Waals surface area contributed by atoms with Crippen LogP contribution in [0.15, 0.2) is 54.6 Å². The average Bonchev–Trinajstić information content (AvgIpc) is 2.54. The zero-order valence-corrected chi connectivity index (χ0v) is 12.8. The minimum Gasteiger partial charge on any atom is -0.273 e. The minimum atomic E-state index is -0.487. The van der Waals surface area contributed by atoms with Gasteiger partial charge in [0.15, 0.2) is 0 Å². The fraction of sp³-hybridized carbons (Fsp3) is 0.0588. The van der Waals surface area contributed by atoms with Crippen molar-refractivity contribution in [2.75, 3.05) is 0 Å². The highest BCUT2D eigenvalue weighted by atomic mass is 35.5. The zero-order chi connectivity index (χ0) is 16.7. The monoisotopic (exact) mass is 332 g/mol. The first-order chi connectivity index (χ1) is 11.0. The number of amides is 2. The maximum Gasteiger partial charge on any atom is 0.262 e. The number of rotatable bonds is 4. The van der Waals surface area contributed by atoms with Crippen LogP contribution in [0.1, 0.15) is 11.1 Å². The summed E-state index contributed by atoms with van der Waals surface area (Å²) >= 11 is 5.76. The molecule has 0 fully saturated rings. The molecule has 2 aromatic rings. The van der Waals surface area contributed by atoms with E-state index in [9.17, 15) is 14.0 Å². The summed E-state index contributed by atoms with van der Waals surface area (Å²) in [5.74, 6) is -1.18. The van der Waals surface area contributed by atoms with Gasteiger partial charge in [0.2, 0.25) is 5.91 Å². The van der Waals surface area contributed by atoms with Crippen LogP contribution in [0.3, 0.4) is 0 Å². The molecule has 0 aliphatic rings. The van der Waals surface area contributed by atoms with Gasteiger partial charge >= 0.3 is 0 Å². The van der Waals surface area contributed by atoms with E-state index in [1.165, 1.54) is 36.4 Å². The van der Waals surface area contributed by atoms with Crippen molar-refractivity contribution in [3.05, 3.63) is 76.6 Å². The number of nitrogens with one attached hydrogen (secondary N) is 2. The number of hydrogen-bond acceptors (Lipinski definition) is 2. The largest absolute Gasteiger partial charge is 0.273 e. The Morgan fingerprint density at radius 2 is 1.65 bits per heavy atom. The first kappa shape index (κ1) is 16.7. The van der Waals surface area contributed by atoms with Crippen molar-refractivity contribution in [3.63, 3.8) is 0 Å². The molecule has 0 spiro atoms. The van der Waals surface area contributed by atoms with E-state index in [1.807, 2.05) is 0 Å². The van der Waals surface area contributed by atoms with Crippen LogP contribution < -0.4 is 10.9 Å². The summed E-state index contributed by atoms with van der Waals surface area (Å²) in [5, 5.41) is 0.591. The summed E-state index contributed by atoms with van der Waals surface area (Å²) in [6.07, 6.45) is 2.88. The molecule has 4 nitrogen and oxygen atoms in total. The highest BCUT2D eigenvalue weighted by Crippen LogP contribution is 2.09. The summed E-state index contributed by atoms with van der Waals surface area (Å²) in [6.45, 7) is 0. The van der Waals surface area contributed by atoms with Crippen LogP contribution in [-0.2, 0) is 16.0 Å². The lowest BCUT2D eigenvalue weighted by Gasteiger charge is -2.05. The van der Waals surface area contributed by atoms with Gasteiger partial charge < -0.3 is 0 Å². The van der Waals surface area contributed by atoms with Crippen LogP contribution in [-0.4, -0.2) is 11.8 Å². The van der Waals surface area contributed by atoms with Crippen LogP contribution in [0.2, 0.25) is 5.02 Å². The van der Waals surface area contributed by atoms with E-state index < -0.39 is 5.91 Å². The molecule has 0 aromatic heterocycles. The van der Waals surface area contributed by atoms with E-state index in [4.69, 9.17) is 11.6 Å². The number of hydrazine groups is 1. The summed E-state index contributed by atoms with van der Waals surface area (Å²) in [6, 6.07) is 12.5. The Balaban J connectivity index is 1.78. The molecular formula is C17H14ClFN2O2. The van der Waals surface area contributed by atoms with Crippen LogP contribution in [0.4, 0.5) is 4.39 Å². The molecule has 23 heavy (non-hydrogen) atoms. The molecular weight excluding hydrogens is 319 g/mol. The normalized spacial score (nSPS) is 10.5. The van der Waals surface area contributed by atoms with Crippen LogP contribution >= 0.6 is 11.6 Å². The van der Waals surface area contributed by atoms with Gasteiger partial charge in [-0.15, -0.1) is 0 Å². The van der Waals surface area contributed by atoms with E-state index in [0.717, 1.165) is 5.56 Å². The Morgan fingerprint density at radius 1 is 1.00 bits per heavy atom. The molecule has 118 valence electrons. The van der Waals surface area contributed by atoms with Crippen molar-refractivity contribution < 1.29 is 14.0 Å². The fourth-order valence-electron chi connectivity index (χ4n) is 1.75. The molecule has 0 saturated carbocycles. The van der Waals surface area contributed by atoms with Crippen LogP contribution in [0.5, 0.6) is 0 Å². The van der Waals surface area contributed by atoms with Gasteiger partial charge in [0.05, 0.1) is 6.42 Å². The smallest absolute Gasteiger partial charge is 0.262 e. The van der Waals surface area contributed by atoms with Crippen molar-refractivity contribution in [1.82, 2.24) is 10.9 Å². The highest BCUT2D eigenvalue weighted by molar-refractivity contribution is 6.30. The topological polar surface area (TPSA) is 58.2 Å². The van der Waals surface area contributed by atoms with E-state index in [1.54, 1.807) is 24.3 Å². The SMILES string of the molecule is O=C(C=Cc1ccc(F)cc1)NNC(=O)Cc1ccc(Cl)cc1. The second kappa shape index (κ2) is 8.10. The standard InChI is InChI=1S/C17H14ClFN2O2/c18-14-6-1-13(2-7-14)11-17(23)21-20-16(22)10-5-12-3-8-15(19)9-4-12/h1-10H,11H2,(H,20,22)(H,21,23). The van der Waals surface area contributed by atoms with Gasteiger partial charge in [-0.1, -0.05) is 35.9 Å². The Kier molecular flexibility index (Phi) is 5.88. The maximum atomic E-state index is 12.7. The van der Waals surface area contributed by atoms with Gasteiger partial charge in [-0.25, -0.2) is 4.39 Å². The van der Waals surface area contributed by atoms with Crippen molar-refractivity contribution in [2.45, 2.75) is 6.42 Å². The molecule has 0 aliphatic carbocycles. The molecule has 2 N–H and O–H groups in total. The van der Waals surface area contributed by atoms with Gasteiger partial charge in [-0.05, 0) is 41.5 Å². The summed E-state index contributed by atoms with van der Waals surface area (Å²) in [5.41, 5.74) is 6.03. The van der Waals surface area contributed by atoms with E-state index in [0.29, 0.717) is 10.6 Å². The van der Waals surface area contributed by atoms with Gasteiger partial charge in [-0.3, -0.25) is 20.4 Å². The summed E-state index contributed by atoms with van der Waals surface area (Å²) in [4.78, 5) is 23.3. The van der Waals surface area contributed by atoms with E-state index >= 15 is 0 Å². The highest BCUT2D eigenvalue weighted by Gasteiger charge is 2.04. The first-order valence-corrected chi connectivity index (χ1v) is 7.17. The quantitative estimate of drug-likeness (QED) is 0.668. The van der Waals surface area contributed by atoms with Crippen molar-refractivity contribution in [3.8, 4) is 0 Å². The lowest BCUT2D eigenvalue weighted by molar-refractivity contribution is -0.126. The Bertz CT molecular complexity index is 712. The number of carbonyl (C=O) groups is 2. The molecule has 0 bridgehead atoms. The van der Waals surface area contributed by atoms with Gasteiger partial charge in [0.1, 0.15) is 5.82 Å². The van der Waals surface area contributed by atoms with Gasteiger partial charge in [0, 0.05) is 11.1 Å². The lowest BCUT2D eigenvalue weighted by atomic mass is 10.1. The van der Waals surface area contributed by atoms with Crippen molar-refractivity contribution in [2.24, 2.45) is 0 Å². The third-order valence-corrected chi connectivity index (χ3v) is 3.15. The molecule has 0 aliphatic heterocycles. The number of halogens is 2. The molecule has 6 heteroatoms. The van der Waals surface area contributed by atoms with Crippen molar-refractivity contribution >= 4 is 29.5 Å². The molecule has 0 radical (unpaired) electrons. The summed E-state index contributed by atoms with van der Waals surface area (Å²) in [7, 11) is 0. The fourth-order valence-corrected chi connectivity index (χ4v) is 1.88. The maximum absolute atomic E-state index is 12.7. The Hall–Kier alpha value is -2.66. The number of carbonyl (C=O) groups excluding carboxylic acids is 2. The van der Waals surface area contributed by atoms with Gasteiger partial charge in [-0.2, -0.15) is 0 Å². The second-order valence-corrected chi connectivity index (χ2v) is 5.16. The molecule has 0 saturated heterocycles. The van der Waals surface area contributed by atoms with Gasteiger partial charge in [0.25, 0.3) is 5.91 Å². The van der Waals surface area contributed by atoms with Crippen molar-refractivity contribution in [1.29, 1.82) is 0 Å². The van der Waals surface area contributed by atoms with Crippen LogP contribution in [0, 0.1) is 5.82 Å². The Morgan fingerprint density at radius 3 is 2.30 bits per heavy atom. The van der Waals surface area contributed by atoms with E-state index in [2.05, 4.69) is 10.9 Å². The predicted molar refractivity (Wildman–Crippen MR) is 86.9 cm³/mol. The molecule has 0 unspecified atom stereocenters. The zero-order valence-electron chi connectivity index (χ0n) is 12.1. The van der Waals surface area contributed by atoms with E-state index in [-0.39, 0.29) is 18.1 Å². The predicted octanol–water partition coefficient (Wildman–Crippen LogP) is 2.88. The minimum absolute atomic E-state index is 0.124. The second-order valence-electron chi connectivity index (χ2n) is 4.73. The average molecular weight is 333 g/mol. The molecule has 2 rings (SSSR count). The number of benzene rings is 2. The molecule has 2 amide bonds. The third kappa shape index (κ3) is 5.92. The first-order valence-electron chi connectivity index (χ1n) is 6.80. The molecule has 0 heterocycles. The lowest BCUT2D eigenvalue weighted by Crippen LogP contribution is -2.41. The molecule has 0 atom stereocenters. The summed E-state index contributed by atoms with van der Waals surface area (Å²) < 4.78 is 12.7. The number of hydrogen-bond donors (Lipinski definition) is 2. The van der Waals surface area contributed by atoms with Crippen LogP contribution in [0.25, 0.3) is 6.08 Å². The third-order valence-electron chi connectivity index (χ3n) is 2.90.